The van der Waals surface area contributed by atoms with Crippen LogP contribution in [0.3, 0.4) is 0 Å². The van der Waals surface area contributed by atoms with E-state index in [-0.39, 0.29) is 34.5 Å². The molecule has 0 saturated heterocycles. The first kappa shape index (κ1) is 26.6. The molecule has 0 amide bonds. The summed E-state index contributed by atoms with van der Waals surface area (Å²) >= 11 is 0. The van der Waals surface area contributed by atoms with E-state index in [9.17, 15) is 13.0 Å². The average molecular weight is 476 g/mol. The Labute approximate surface area is 214 Å². The maximum absolute atomic E-state index is 11.0. The van der Waals surface area contributed by atoms with Crippen LogP contribution in [0.1, 0.15) is 16.7 Å². The Morgan fingerprint density at radius 1 is 0.788 bits per heavy atom. The van der Waals surface area contributed by atoms with E-state index in [1.807, 2.05) is 32.9 Å². The van der Waals surface area contributed by atoms with Crippen LogP contribution in [0.5, 0.6) is 5.75 Å². The van der Waals surface area contributed by atoms with Crippen molar-refractivity contribution in [2.45, 2.75) is 25.7 Å². The van der Waals surface area contributed by atoms with Crippen molar-refractivity contribution < 1.29 is 47.3 Å². The summed E-state index contributed by atoms with van der Waals surface area (Å²) in [5.41, 5.74) is 11.4. The number of ether oxygens (including phenoxy) is 1. The molecule has 0 aromatic heterocycles. The Hall–Kier alpha value is -2.63. The smallest absolute Gasteiger partial charge is 0.744 e. The molecule has 0 atom stereocenters. The number of aryl methyl sites for hydroxylation is 3. The third-order valence-electron chi connectivity index (χ3n) is 4.73. The topological polar surface area (TPSA) is 142 Å². The molecule has 3 aromatic rings. The zero-order valence-electron chi connectivity index (χ0n) is 19.0. The van der Waals surface area contributed by atoms with Gasteiger partial charge in [-0.05, 0) is 79.9 Å². The fourth-order valence-corrected chi connectivity index (χ4v) is 3.35. The summed E-state index contributed by atoms with van der Waals surface area (Å²) in [6.45, 7) is 5.65. The predicted octanol–water partition coefficient (Wildman–Crippen LogP) is 2.94. The first-order valence-corrected chi connectivity index (χ1v) is 10.9. The summed E-state index contributed by atoms with van der Waals surface area (Å²) in [4.78, 5) is -0.313. The van der Waals surface area contributed by atoms with Gasteiger partial charge in [-0.2, -0.15) is 20.5 Å². The summed E-state index contributed by atoms with van der Waals surface area (Å²) in [6, 6.07) is 12.4. The molecule has 166 valence electrons. The zero-order chi connectivity index (χ0) is 23.5. The molecule has 11 heteroatoms. The average Bonchev–Trinajstić information content (AvgIpc) is 2.73. The molecular formula is C22H22N5NaO4S. The number of hydrogen-bond acceptors (Lipinski definition) is 9. The van der Waals surface area contributed by atoms with Crippen molar-refractivity contribution in [1.29, 1.82) is 0 Å². The number of azo groups is 2. The molecule has 33 heavy (non-hydrogen) atoms. The third kappa shape index (κ3) is 6.68. The Morgan fingerprint density at radius 2 is 1.24 bits per heavy atom. The second-order valence-electron chi connectivity index (χ2n) is 7.15. The predicted molar refractivity (Wildman–Crippen MR) is 121 cm³/mol. The molecule has 0 aliphatic carbocycles. The number of anilines is 1. The van der Waals surface area contributed by atoms with Crippen LogP contribution in [0.25, 0.3) is 0 Å². The summed E-state index contributed by atoms with van der Waals surface area (Å²) in [7, 11) is -2.95. The van der Waals surface area contributed by atoms with Gasteiger partial charge in [0.2, 0.25) is 0 Å². The Balaban J connectivity index is 0.00000385. The van der Waals surface area contributed by atoms with Crippen molar-refractivity contribution >= 4 is 38.6 Å². The summed E-state index contributed by atoms with van der Waals surface area (Å²) in [5.74, 6) is 0.536. The van der Waals surface area contributed by atoms with E-state index in [1.54, 1.807) is 19.2 Å². The minimum atomic E-state index is -4.49. The van der Waals surface area contributed by atoms with Crippen LogP contribution in [0, 0.1) is 20.8 Å². The van der Waals surface area contributed by atoms with E-state index >= 15 is 0 Å². The summed E-state index contributed by atoms with van der Waals surface area (Å²) < 4.78 is 38.3. The maximum atomic E-state index is 11.0. The number of hydrogen-bond donors (Lipinski definition) is 1. The van der Waals surface area contributed by atoms with Gasteiger partial charge in [0.15, 0.2) is 0 Å². The SMILES string of the molecule is COc1cc(N=Nc2cc(C)c(N=Nc3ccc(S(=O)(=O)[O-])cc3)cc2C)c(C)cc1N.[Na+]. The largest absolute Gasteiger partial charge is 1.00 e. The number of methoxy groups -OCH3 is 1. The van der Waals surface area contributed by atoms with Gasteiger partial charge in [-0.25, -0.2) is 8.42 Å². The summed E-state index contributed by atoms with van der Waals surface area (Å²) in [5, 5.41) is 17.0. The fourth-order valence-electron chi connectivity index (χ4n) is 2.88. The minimum absolute atomic E-state index is 0. The Bertz CT molecular complexity index is 1320. The molecule has 0 bridgehead atoms. The maximum Gasteiger partial charge on any atom is 1.00 e. The molecular weight excluding hydrogens is 453 g/mol. The second kappa shape index (κ2) is 11.0. The molecule has 0 saturated carbocycles. The normalized spacial score (nSPS) is 11.7. The number of rotatable bonds is 6. The van der Waals surface area contributed by atoms with Crippen molar-refractivity contribution in [3.8, 4) is 5.75 Å². The van der Waals surface area contributed by atoms with Gasteiger partial charge in [0.25, 0.3) is 0 Å². The van der Waals surface area contributed by atoms with Crippen molar-refractivity contribution in [2.75, 3.05) is 12.8 Å². The van der Waals surface area contributed by atoms with E-state index in [2.05, 4.69) is 20.5 Å². The molecule has 0 spiro atoms. The Morgan fingerprint density at radius 3 is 1.73 bits per heavy atom. The molecule has 0 unspecified atom stereocenters. The van der Waals surface area contributed by atoms with Crippen LogP contribution in [0.15, 0.2) is 73.9 Å². The fraction of sp³-hybridized carbons (Fsp3) is 0.182. The van der Waals surface area contributed by atoms with Gasteiger partial charge in [0.05, 0.1) is 40.4 Å². The number of nitrogens with two attached hydrogens (primary N) is 1. The van der Waals surface area contributed by atoms with Gasteiger partial charge < -0.3 is 15.0 Å². The zero-order valence-corrected chi connectivity index (χ0v) is 21.8. The second-order valence-corrected chi connectivity index (χ2v) is 8.53. The van der Waals surface area contributed by atoms with Crippen molar-refractivity contribution in [1.82, 2.24) is 0 Å². The molecule has 2 N–H and O–H groups in total. The molecule has 9 nitrogen and oxygen atoms in total. The Kier molecular flexibility index (Phi) is 8.87. The van der Waals surface area contributed by atoms with Gasteiger partial charge in [-0.1, -0.05) is 0 Å². The number of nitrogen functional groups attached to an aromatic ring is 1. The van der Waals surface area contributed by atoms with E-state index in [0.717, 1.165) is 16.7 Å². The van der Waals surface area contributed by atoms with Crippen LogP contribution in [0.4, 0.5) is 28.4 Å². The molecule has 0 aliphatic rings. The molecule has 0 aliphatic heterocycles. The quantitative estimate of drug-likeness (QED) is 0.252. The molecule has 3 rings (SSSR count). The molecule has 3 aromatic carbocycles. The van der Waals surface area contributed by atoms with Crippen LogP contribution in [0.2, 0.25) is 0 Å². The number of benzene rings is 3. The van der Waals surface area contributed by atoms with Gasteiger partial charge in [0.1, 0.15) is 15.9 Å². The van der Waals surface area contributed by atoms with E-state index in [4.69, 9.17) is 10.5 Å². The van der Waals surface area contributed by atoms with Crippen LogP contribution >= 0.6 is 0 Å². The van der Waals surface area contributed by atoms with Crippen LogP contribution in [-0.2, 0) is 10.1 Å². The van der Waals surface area contributed by atoms with E-state index in [0.29, 0.717) is 34.2 Å². The first-order chi connectivity index (χ1) is 15.1. The van der Waals surface area contributed by atoms with Gasteiger partial charge in [0, 0.05) is 6.07 Å². The first-order valence-electron chi connectivity index (χ1n) is 9.53. The molecule has 0 fully saturated rings. The number of nitrogens with zero attached hydrogens (tertiary/aromatic N) is 4. The third-order valence-corrected chi connectivity index (χ3v) is 5.58. The van der Waals surface area contributed by atoms with Crippen molar-refractivity contribution in [3.05, 3.63) is 65.2 Å². The van der Waals surface area contributed by atoms with Gasteiger partial charge in [-0.3, -0.25) is 0 Å². The molecule has 0 heterocycles. The monoisotopic (exact) mass is 475 g/mol. The summed E-state index contributed by atoms with van der Waals surface area (Å²) in [6.07, 6.45) is 0. The van der Waals surface area contributed by atoms with Crippen LogP contribution < -0.4 is 40.0 Å². The van der Waals surface area contributed by atoms with Gasteiger partial charge in [-0.15, -0.1) is 0 Å². The van der Waals surface area contributed by atoms with E-state index in [1.165, 1.54) is 24.3 Å². The van der Waals surface area contributed by atoms with E-state index < -0.39 is 10.1 Å². The molecule has 0 radical (unpaired) electrons. The van der Waals surface area contributed by atoms with Gasteiger partial charge >= 0.3 is 29.6 Å². The van der Waals surface area contributed by atoms with Crippen LogP contribution in [-0.4, -0.2) is 20.1 Å². The van der Waals surface area contributed by atoms with Crippen molar-refractivity contribution in [3.63, 3.8) is 0 Å². The standard InChI is InChI=1S/C22H23N5O4S.Na/c1-13-9-18(23)22(31-4)12-21(13)27-26-20-11-14(2)19(10-15(20)3)25-24-16-5-7-17(8-6-16)32(28,29)30;/h5-12H,23H2,1-4H3,(H,28,29,30);/q;+1/p-1. The van der Waals surface area contributed by atoms with Crippen molar-refractivity contribution in [2.24, 2.45) is 20.5 Å². The minimum Gasteiger partial charge on any atom is -0.744 e.